The topological polar surface area (TPSA) is 115 Å². The molecule has 0 bridgehead atoms. The molecule has 146 valence electrons. The van der Waals surface area contributed by atoms with Gasteiger partial charge in [-0.3, -0.25) is 4.79 Å². The fraction of sp³-hybridized carbons (Fsp3) is 0.421. The zero-order valence-corrected chi connectivity index (χ0v) is 16.0. The molecule has 0 saturated heterocycles. The van der Waals surface area contributed by atoms with Gasteiger partial charge in [-0.05, 0) is 30.5 Å². The zero-order chi connectivity index (χ0) is 19.6. The summed E-state index contributed by atoms with van der Waals surface area (Å²) in [6.45, 7) is 7.68. The second-order valence-corrected chi connectivity index (χ2v) is 6.32. The number of aromatic nitrogens is 1. The van der Waals surface area contributed by atoms with Crippen molar-refractivity contribution in [2.24, 2.45) is 10.7 Å². The lowest BCUT2D eigenvalue weighted by atomic mass is 10.1. The third kappa shape index (κ3) is 7.01. The fourth-order valence-electron chi connectivity index (χ4n) is 2.26. The highest BCUT2D eigenvalue weighted by molar-refractivity contribution is 5.79. The number of hydrogen-bond donors (Lipinski definition) is 3. The van der Waals surface area contributed by atoms with Gasteiger partial charge in [-0.25, -0.2) is 4.99 Å². The largest absolute Gasteiger partial charge is 0.484 e. The molecule has 0 fully saturated rings. The molecule has 0 saturated carbocycles. The Morgan fingerprint density at radius 3 is 2.81 bits per heavy atom. The minimum Gasteiger partial charge on any atom is -0.484 e. The number of nitrogens with two attached hydrogens (primary N) is 1. The minimum absolute atomic E-state index is 0.146. The van der Waals surface area contributed by atoms with Gasteiger partial charge in [0, 0.05) is 12.6 Å². The van der Waals surface area contributed by atoms with Crippen LogP contribution in [0.4, 0.5) is 0 Å². The zero-order valence-electron chi connectivity index (χ0n) is 16.0. The number of nitrogens with zero attached hydrogens (tertiary/aromatic N) is 2. The Labute approximate surface area is 159 Å². The second-order valence-electron chi connectivity index (χ2n) is 6.32. The first-order valence-electron chi connectivity index (χ1n) is 8.95. The molecule has 4 N–H and O–H groups in total. The van der Waals surface area contributed by atoms with E-state index in [0.717, 1.165) is 23.6 Å². The molecule has 2 rings (SSSR count). The number of aliphatic imine (C=N–C) groups is 1. The van der Waals surface area contributed by atoms with Crippen LogP contribution < -0.4 is 21.1 Å². The highest BCUT2D eigenvalue weighted by Crippen LogP contribution is 2.15. The number of primary amides is 1. The van der Waals surface area contributed by atoms with Crippen molar-refractivity contribution in [1.82, 2.24) is 15.8 Å². The molecule has 0 aliphatic heterocycles. The van der Waals surface area contributed by atoms with E-state index in [4.69, 9.17) is 15.0 Å². The van der Waals surface area contributed by atoms with Gasteiger partial charge in [0.1, 0.15) is 5.75 Å². The Morgan fingerprint density at radius 1 is 1.33 bits per heavy atom. The van der Waals surface area contributed by atoms with Crippen LogP contribution in [-0.2, 0) is 17.9 Å². The Balaban J connectivity index is 1.95. The predicted molar refractivity (Wildman–Crippen MR) is 103 cm³/mol. The van der Waals surface area contributed by atoms with Gasteiger partial charge in [-0.2, -0.15) is 0 Å². The van der Waals surface area contributed by atoms with Gasteiger partial charge in [0.05, 0.1) is 18.8 Å². The number of ether oxygens (including phenoxy) is 1. The smallest absolute Gasteiger partial charge is 0.255 e. The van der Waals surface area contributed by atoms with Crippen LogP contribution in [0.15, 0.2) is 39.8 Å². The first-order valence-corrected chi connectivity index (χ1v) is 8.95. The van der Waals surface area contributed by atoms with Gasteiger partial charge in [0.2, 0.25) is 0 Å². The molecular formula is C19H27N5O3. The van der Waals surface area contributed by atoms with Crippen molar-refractivity contribution < 1.29 is 14.1 Å². The summed E-state index contributed by atoms with van der Waals surface area (Å²) >= 11 is 0. The Morgan fingerprint density at radius 2 is 2.15 bits per heavy atom. The molecule has 1 heterocycles. The van der Waals surface area contributed by atoms with E-state index in [1.54, 1.807) is 6.07 Å². The molecule has 0 aliphatic carbocycles. The number of hydrogen-bond acceptors (Lipinski definition) is 5. The van der Waals surface area contributed by atoms with E-state index in [1.807, 2.05) is 31.2 Å². The quantitative estimate of drug-likeness (QED) is 0.457. The predicted octanol–water partition coefficient (Wildman–Crippen LogP) is 1.92. The van der Waals surface area contributed by atoms with Crippen molar-refractivity contribution in [3.63, 3.8) is 0 Å². The van der Waals surface area contributed by atoms with E-state index in [9.17, 15) is 4.79 Å². The number of carbonyl (C=O) groups is 1. The van der Waals surface area contributed by atoms with Crippen molar-refractivity contribution in [2.45, 2.75) is 39.8 Å². The van der Waals surface area contributed by atoms with Crippen LogP contribution in [0.3, 0.4) is 0 Å². The summed E-state index contributed by atoms with van der Waals surface area (Å²) in [5, 5.41) is 10.5. The molecule has 0 atom stereocenters. The van der Waals surface area contributed by atoms with Gasteiger partial charge in [0.25, 0.3) is 5.91 Å². The number of guanidine groups is 1. The monoisotopic (exact) mass is 373 g/mol. The molecule has 0 spiro atoms. The average molecular weight is 373 g/mol. The number of rotatable bonds is 9. The van der Waals surface area contributed by atoms with Crippen LogP contribution in [-0.4, -0.2) is 30.2 Å². The summed E-state index contributed by atoms with van der Waals surface area (Å²) < 4.78 is 10.6. The van der Waals surface area contributed by atoms with E-state index in [1.165, 1.54) is 0 Å². The third-order valence-electron chi connectivity index (χ3n) is 3.64. The van der Waals surface area contributed by atoms with E-state index < -0.39 is 5.91 Å². The first-order chi connectivity index (χ1) is 13.0. The average Bonchev–Trinajstić information content (AvgIpc) is 3.12. The van der Waals surface area contributed by atoms with Crippen molar-refractivity contribution >= 4 is 11.9 Å². The summed E-state index contributed by atoms with van der Waals surface area (Å²) in [5.74, 6) is 1.83. The highest BCUT2D eigenvalue weighted by atomic mass is 16.5. The molecule has 1 aromatic heterocycles. The fourth-order valence-corrected chi connectivity index (χ4v) is 2.26. The Hall–Kier alpha value is -3.03. The van der Waals surface area contributed by atoms with E-state index >= 15 is 0 Å². The summed E-state index contributed by atoms with van der Waals surface area (Å²) in [6, 6.07) is 9.34. The van der Waals surface area contributed by atoms with Gasteiger partial charge >= 0.3 is 0 Å². The van der Waals surface area contributed by atoms with E-state index in [-0.39, 0.29) is 6.61 Å². The standard InChI is InChI=1S/C19H27N5O3/c1-4-21-19(23-11-16-9-17(13(2)3)24-27-16)22-10-14-6-5-7-15(8-14)26-12-18(20)25/h5-9,13H,4,10-12H2,1-3H3,(H2,20,25)(H2,21,22,23). The summed E-state index contributed by atoms with van der Waals surface area (Å²) in [4.78, 5) is 15.4. The van der Waals surface area contributed by atoms with Crippen LogP contribution in [0.25, 0.3) is 0 Å². The first kappa shape index (κ1) is 20.3. The molecule has 2 aromatic rings. The maximum Gasteiger partial charge on any atom is 0.255 e. The highest BCUT2D eigenvalue weighted by Gasteiger charge is 2.08. The molecular weight excluding hydrogens is 346 g/mol. The molecule has 0 aliphatic rings. The van der Waals surface area contributed by atoms with Crippen LogP contribution >= 0.6 is 0 Å². The lowest BCUT2D eigenvalue weighted by Crippen LogP contribution is -2.36. The van der Waals surface area contributed by atoms with Gasteiger partial charge in [-0.1, -0.05) is 31.1 Å². The minimum atomic E-state index is -0.509. The number of amides is 1. The number of nitrogens with one attached hydrogen (secondary N) is 2. The lowest BCUT2D eigenvalue weighted by molar-refractivity contribution is -0.119. The second kappa shape index (κ2) is 10.2. The van der Waals surface area contributed by atoms with Crippen LogP contribution in [0.5, 0.6) is 5.75 Å². The Kier molecular flexibility index (Phi) is 7.66. The Bertz CT molecular complexity index is 770. The van der Waals surface area contributed by atoms with Crippen molar-refractivity contribution in [3.8, 4) is 5.75 Å². The molecule has 1 amide bonds. The maximum absolute atomic E-state index is 10.8. The molecule has 0 unspecified atom stereocenters. The maximum atomic E-state index is 10.8. The normalized spacial score (nSPS) is 11.5. The van der Waals surface area contributed by atoms with Gasteiger partial charge < -0.3 is 25.6 Å². The van der Waals surface area contributed by atoms with Crippen molar-refractivity contribution in [1.29, 1.82) is 0 Å². The van der Waals surface area contributed by atoms with Crippen molar-refractivity contribution in [2.75, 3.05) is 13.2 Å². The van der Waals surface area contributed by atoms with Crippen molar-refractivity contribution in [3.05, 3.63) is 47.3 Å². The number of carbonyl (C=O) groups excluding carboxylic acids is 1. The number of benzene rings is 1. The van der Waals surface area contributed by atoms with E-state index in [2.05, 4.69) is 34.6 Å². The van der Waals surface area contributed by atoms with E-state index in [0.29, 0.717) is 30.7 Å². The molecule has 8 heteroatoms. The molecule has 1 aromatic carbocycles. The van der Waals surface area contributed by atoms with Crippen LogP contribution in [0, 0.1) is 0 Å². The summed E-state index contributed by atoms with van der Waals surface area (Å²) in [7, 11) is 0. The summed E-state index contributed by atoms with van der Waals surface area (Å²) in [6.07, 6.45) is 0. The molecule has 27 heavy (non-hydrogen) atoms. The third-order valence-corrected chi connectivity index (χ3v) is 3.64. The SMILES string of the molecule is CCNC(=NCc1cccc(OCC(N)=O)c1)NCc1cc(C(C)C)no1. The lowest BCUT2D eigenvalue weighted by Gasteiger charge is -2.10. The van der Waals surface area contributed by atoms with Gasteiger partial charge in [0.15, 0.2) is 18.3 Å². The molecule has 0 radical (unpaired) electrons. The summed E-state index contributed by atoms with van der Waals surface area (Å²) in [5.41, 5.74) is 6.98. The van der Waals surface area contributed by atoms with Gasteiger partial charge in [-0.15, -0.1) is 0 Å². The molecule has 8 nitrogen and oxygen atoms in total. The van der Waals surface area contributed by atoms with Crippen LogP contribution in [0.1, 0.15) is 43.7 Å². The van der Waals surface area contributed by atoms with Crippen LogP contribution in [0.2, 0.25) is 0 Å².